The Hall–Kier alpha value is -2.43. The number of nitrogens with zero attached hydrogens (tertiary/aromatic N) is 2. The summed E-state index contributed by atoms with van der Waals surface area (Å²) < 4.78 is 0. The normalized spacial score (nSPS) is 10.5. The van der Waals surface area contributed by atoms with Crippen molar-refractivity contribution in [3.05, 3.63) is 75.9 Å². The number of nitrogen functional groups attached to an aromatic ring is 1. The van der Waals surface area contributed by atoms with Gasteiger partial charge in [0.2, 0.25) is 5.95 Å². The minimum Gasteiger partial charge on any atom is -0.368 e. The fourth-order valence-corrected chi connectivity index (χ4v) is 2.40. The van der Waals surface area contributed by atoms with Crippen molar-refractivity contribution in [3.63, 3.8) is 0 Å². The van der Waals surface area contributed by atoms with Crippen molar-refractivity contribution >= 4 is 34.9 Å². The zero-order chi connectivity index (χ0) is 16.4. The number of anilines is 1. The van der Waals surface area contributed by atoms with Gasteiger partial charge in [0.1, 0.15) is 0 Å². The van der Waals surface area contributed by atoms with Crippen LogP contribution in [0.15, 0.2) is 54.7 Å². The van der Waals surface area contributed by atoms with Crippen LogP contribution in [0.5, 0.6) is 0 Å². The first kappa shape index (κ1) is 15.5. The first-order valence-electron chi connectivity index (χ1n) is 6.73. The van der Waals surface area contributed by atoms with Gasteiger partial charge in [-0.3, -0.25) is 4.79 Å². The smallest absolute Gasteiger partial charge is 0.220 e. The predicted molar refractivity (Wildman–Crippen MR) is 91.8 cm³/mol. The molecule has 114 valence electrons. The lowest BCUT2D eigenvalue weighted by molar-refractivity contribution is 0.103. The van der Waals surface area contributed by atoms with Crippen LogP contribution in [0.1, 0.15) is 15.9 Å². The fourth-order valence-electron chi connectivity index (χ4n) is 2.15. The molecule has 0 aliphatic rings. The number of carbonyl (C=O) groups is 1. The standard InChI is InChI=1S/C17H11Cl2N3O/c18-12-5-1-10(2-6-12)15-14(9-21-17(20)22-15)16(23)11-3-7-13(19)8-4-11/h1-9H,(H2,20,21,22). The van der Waals surface area contributed by atoms with Crippen molar-refractivity contribution in [1.29, 1.82) is 0 Å². The molecule has 0 aliphatic carbocycles. The predicted octanol–water partition coefficient (Wildman–Crippen LogP) is 4.26. The van der Waals surface area contributed by atoms with E-state index in [1.165, 1.54) is 6.20 Å². The van der Waals surface area contributed by atoms with Crippen LogP contribution in [0.4, 0.5) is 5.95 Å². The zero-order valence-corrected chi connectivity index (χ0v) is 13.3. The first-order valence-corrected chi connectivity index (χ1v) is 7.49. The second kappa shape index (κ2) is 6.36. The Morgan fingerprint density at radius 1 is 0.913 bits per heavy atom. The van der Waals surface area contributed by atoms with Gasteiger partial charge in [0, 0.05) is 27.4 Å². The molecule has 0 fully saturated rings. The third-order valence-electron chi connectivity index (χ3n) is 3.28. The number of ketones is 1. The molecule has 0 atom stereocenters. The summed E-state index contributed by atoms with van der Waals surface area (Å²) in [4.78, 5) is 20.9. The van der Waals surface area contributed by atoms with Crippen LogP contribution in [0.2, 0.25) is 10.0 Å². The molecule has 6 heteroatoms. The Morgan fingerprint density at radius 3 is 2.09 bits per heavy atom. The highest BCUT2D eigenvalue weighted by Gasteiger charge is 2.17. The Labute approximate surface area is 142 Å². The van der Waals surface area contributed by atoms with E-state index in [1.807, 2.05) is 0 Å². The highest BCUT2D eigenvalue weighted by molar-refractivity contribution is 6.31. The summed E-state index contributed by atoms with van der Waals surface area (Å²) in [6.07, 6.45) is 1.43. The van der Waals surface area contributed by atoms with E-state index in [0.29, 0.717) is 26.9 Å². The molecular formula is C17H11Cl2N3O. The minimum atomic E-state index is -0.202. The van der Waals surface area contributed by atoms with E-state index in [9.17, 15) is 4.79 Å². The lowest BCUT2D eigenvalue weighted by atomic mass is 9.99. The molecule has 1 aromatic heterocycles. The van der Waals surface area contributed by atoms with E-state index in [2.05, 4.69) is 9.97 Å². The average Bonchev–Trinajstić information content (AvgIpc) is 2.55. The molecule has 3 rings (SSSR count). The Bertz CT molecular complexity index is 862. The van der Waals surface area contributed by atoms with Gasteiger partial charge < -0.3 is 5.73 Å². The molecule has 0 saturated heterocycles. The third-order valence-corrected chi connectivity index (χ3v) is 3.78. The van der Waals surface area contributed by atoms with E-state index >= 15 is 0 Å². The number of rotatable bonds is 3. The van der Waals surface area contributed by atoms with Gasteiger partial charge in [0.05, 0.1) is 11.3 Å². The number of halogens is 2. The molecule has 0 amide bonds. The van der Waals surface area contributed by atoms with Gasteiger partial charge in [0.15, 0.2) is 5.78 Å². The maximum Gasteiger partial charge on any atom is 0.220 e. The lowest BCUT2D eigenvalue weighted by Gasteiger charge is -2.09. The molecule has 0 unspecified atom stereocenters. The third kappa shape index (κ3) is 3.33. The maximum atomic E-state index is 12.7. The van der Waals surface area contributed by atoms with Crippen LogP contribution >= 0.6 is 23.2 Å². The summed E-state index contributed by atoms with van der Waals surface area (Å²) in [5.41, 5.74) is 7.74. The van der Waals surface area contributed by atoms with Gasteiger partial charge in [-0.2, -0.15) is 0 Å². The summed E-state index contributed by atoms with van der Waals surface area (Å²) in [6, 6.07) is 13.7. The minimum absolute atomic E-state index is 0.0996. The fraction of sp³-hybridized carbons (Fsp3) is 0. The van der Waals surface area contributed by atoms with Crippen LogP contribution in [0, 0.1) is 0 Å². The van der Waals surface area contributed by atoms with Gasteiger partial charge in [0.25, 0.3) is 0 Å². The zero-order valence-electron chi connectivity index (χ0n) is 11.8. The first-order chi connectivity index (χ1) is 11.0. The number of aromatic nitrogens is 2. The van der Waals surface area contributed by atoms with Crippen molar-refractivity contribution < 1.29 is 4.79 Å². The van der Waals surface area contributed by atoms with Gasteiger partial charge in [-0.1, -0.05) is 35.3 Å². The molecule has 0 aliphatic heterocycles. The van der Waals surface area contributed by atoms with E-state index < -0.39 is 0 Å². The Morgan fingerprint density at radius 2 is 1.48 bits per heavy atom. The van der Waals surface area contributed by atoms with Crippen molar-refractivity contribution in [2.45, 2.75) is 0 Å². The van der Waals surface area contributed by atoms with Crippen LogP contribution in [-0.2, 0) is 0 Å². The molecule has 4 nitrogen and oxygen atoms in total. The highest BCUT2D eigenvalue weighted by atomic mass is 35.5. The summed E-state index contributed by atoms with van der Waals surface area (Å²) in [7, 11) is 0. The van der Waals surface area contributed by atoms with Crippen molar-refractivity contribution in [2.24, 2.45) is 0 Å². The molecular weight excluding hydrogens is 333 g/mol. The van der Waals surface area contributed by atoms with Crippen LogP contribution in [0.25, 0.3) is 11.3 Å². The van der Waals surface area contributed by atoms with Crippen LogP contribution in [0.3, 0.4) is 0 Å². The number of hydrogen-bond acceptors (Lipinski definition) is 4. The van der Waals surface area contributed by atoms with E-state index in [1.54, 1.807) is 48.5 Å². The van der Waals surface area contributed by atoms with E-state index in [-0.39, 0.29) is 11.7 Å². The van der Waals surface area contributed by atoms with Gasteiger partial charge in [-0.15, -0.1) is 0 Å². The van der Waals surface area contributed by atoms with Crippen LogP contribution < -0.4 is 5.73 Å². The molecule has 0 bridgehead atoms. The molecule has 3 aromatic rings. The molecule has 1 heterocycles. The van der Waals surface area contributed by atoms with E-state index in [4.69, 9.17) is 28.9 Å². The lowest BCUT2D eigenvalue weighted by Crippen LogP contribution is -2.08. The monoisotopic (exact) mass is 343 g/mol. The van der Waals surface area contributed by atoms with Crippen molar-refractivity contribution in [1.82, 2.24) is 9.97 Å². The second-order valence-corrected chi connectivity index (χ2v) is 5.71. The Kier molecular flexibility index (Phi) is 4.28. The average molecular weight is 344 g/mol. The molecule has 0 radical (unpaired) electrons. The number of carbonyl (C=O) groups excluding carboxylic acids is 1. The molecule has 23 heavy (non-hydrogen) atoms. The molecule has 0 saturated carbocycles. The summed E-state index contributed by atoms with van der Waals surface area (Å²) in [5.74, 6) is -0.103. The number of benzene rings is 2. The molecule has 2 aromatic carbocycles. The SMILES string of the molecule is Nc1ncc(C(=O)c2ccc(Cl)cc2)c(-c2ccc(Cl)cc2)n1. The van der Waals surface area contributed by atoms with Gasteiger partial charge in [-0.25, -0.2) is 9.97 Å². The summed E-state index contributed by atoms with van der Waals surface area (Å²) in [5, 5.41) is 1.16. The van der Waals surface area contributed by atoms with Crippen LogP contribution in [-0.4, -0.2) is 15.8 Å². The summed E-state index contributed by atoms with van der Waals surface area (Å²) >= 11 is 11.8. The van der Waals surface area contributed by atoms with Gasteiger partial charge >= 0.3 is 0 Å². The quantitative estimate of drug-likeness (QED) is 0.721. The summed E-state index contributed by atoms with van der Waals surface area (Å²) in [6.45, 7) is 0. The molecule has 0 spiro atoms. The van der Waals surface area contributed by atoms with E-state index in [0.717, 1.165) is 5.56 Å². The van der Waals surface area contributed by atoms with Crippen molar-refractivity contribution in [3.8, 4) is 11.3 Å². The van der Waals surface area contributed by atoms with Gasteiger partial charge in [-0.05, 0) is 36.4 Å². The second-order valence-electron chi connectivity index (χ2n) is 4.83. The maximum absolute atomic E-state index is 12.7. The largest absolute Gasteiger partial charge is 0.368 e. The Balaban J connectivity index is 2.10. The number of nitrogens with two attached hydrogens (primary N) is 1. The van der Waals surface area contributed by atoms with Crippen molar-refractivity contribution in [2.75, 3.05) is 5.73 Å². The number of hydrogen-bond donors (Lipinski definition) is 1. The highest BCUT2D eigenvalue weighted by Crippen LogP contribution is 2.26. The topological polar surface area (TPSA) is 68.9 Å². The molecule has 2 N–H and O–H groups in total.